The van der Waals surface area contributed by atoms with Crippen LogP contribution in [0.2, 0.25) is 0 Å². The summed E-state index contributed by atoms with van der Waals surface area (Å²) in [4.78, 5) is 22.3. The topological polar surface area (TPSA) is 86.6 Å². The van der Waals surface area contributed by atoms with Crippen LogP contribution in [-0.2, 0) is 9.59 Å². The van der Waals surface area contributed by atoms with Crippen molar-refractivity contribution < 1.29 is 28.6 Å². The Kier molecular flexibility index (Phi) is 4.39. The summed E-state index contributed by atoms with van der Waals surface area (Å²) in [5.41, 5.74) is 0. The van der Waals surface area contributed by atoms with Gasteiger partial charge in [-0.3, -0.25) is 9.59 Å². The van der Waals surface area contributed by atoms with E-state index in [4.69, 9.17) is 10.2 Å². The molecule has 1 fully saturated rings. The molecular formula is C10H15F2NO4. The minimum atomic E-state index is -3.37. The summed E-state index contributed by atoms with van der Waals surface area (Å²) < 4.78 is 25.3. The molecule has 1 aliphatic rings. The highest BCUT2D eigenvalue weighted by Crippen LogP contribution is 2.32. The van der Waals surface area contributed by atoms with Gasteiger partial charge in [-0.2, -0.15) is 0 Å². The van der Waals surface area contributed by atoms with Crippen LogP contribution in [0.4, 0.5) is 8.78 Å². The first-order valence-electron chi connectivity index (χ1n) is 5.36. The molecule has 2 unspecified atom stereocenters. The van der Waals surface area contributed by atoms with Gasteiger partial charge in [-0.05, 0) is 12.8 Å². The maximum absolute atomic E-state index is 12.7. The highest BCUT2D eigenvalue weighted by molar-refractivity contribution is 5.85. The van der Waals surface area contributed by atoms with Gasteiger partial charge in [0, 0.05) is 0 Å². The third-order valence-electron chi connectivity index (χ3n) is 2.92. The van der Waals surface area contributed by atoms with Crippen molar-refractivity contribution in [1.82, 2.24) is 5.32 Å². The Balaban J connectivity index is 2.50. The number of rotatable bonds is 5. The third-order valence-corrected chi connectivity index (χ3v) is 2.92. The van der Waals surface area contributed by atoms with Gasteiger partial charge in [0.2, 0.25) is 5.91 Å². The number of carbonyl (C=O) groups is 2. The van der Waals surface area contributed by atoms with Gasteiger partial charge in [0.15, 0.2) is 0 Å². The number of amides is 1. The molecule has 17 heavy (non-hydrogen) atoms. The summed E-state index contributed by atoms with van der Waals surface area (Å²) in [5.74, 6) is -6.66. The summed E-state index contributed by atoms with van der Waals surface area (Å²) in [6, 6.07) is 0. The molecule has 1 aliphatic carbocycles. The predicted octanol–water partition coefficient (Wildman–Crippen LogP) is 0.231. The van der Waals surface area contributed by atoms with E-state index in [0.717, 1.165) is 0 Å². The summed E-state index contributed by atoms with van der Waals surface area (Å²) in [5, 5.41) is 19.1. The number of carbonyl (C=O) groups excluding carboxylic acids is 1. The molecule has 0 saturated heterocycles. The summed E-state index contributed by atoms with van der Waals surface area (Å²) >= 11 is 0. The number of alkyl halides is 2. The lowest BCUT2D eigenvalue weighted by Gasteiger charge is -2.18. The number of aliphatic hydroxyl groups excluding tert-OH is 1. The van der Waals surface area contributed by atoms with Gasteiger partial charge in [-0.25, -0.2) is 8.78 Å². The zero-order valence-corrected chi connectivity index (χ0v) is 9.16. The third kappa shape index (κ3) is 3.62. The number of halogens is 2. The molecule has 1 amide bonds. The van der Waals surface area contributed by atoms with Gasteiger partial charge < -0.3 is 15.5 Å². The van der Waals surface area contributed by atoms with E-state index in [-0.39, 0.29) is 0 Å². The minimum Gasteiger partial charge on any atom is -0.481 e. The van der Waals surface area contributed by atoms with Gasteiger partial charge in [0.1, 0.15) is 6.61 Å². The Hall–Kier alpha value is -1.24. The average Bonchev–Trinajstić information content (AvgIpc) is 2.75. The Bertz CT molecular complexity index is 309. The van der Waals surface area contributed by atoms with Gasteiger partial charge in [-0.15, -0.1) is 0 Å². The first-order valence-corrected chi connectivity index (χ1v) is 5.36. The normalized spacial score (nSPS) is 24.6. The standard InChI is InChI=1S/C10H15F2NO4/c11-10(12,5-14)4-13-8(15)6-2-1-3-7(6)9(16)17/h6-7,14H,1-5H2,(H,13,15)(H,16,17). The number of hydrogen-bond acceptors (Lipinski definition) is 3. The molecule has 0 aliphatic heterocycles. The lowest BCUT2D eigenvalue weighted by Crippen LogP contribution is -2.43. The summed E-state index contributed by atoms with van der Waals surface area (Å²) in [7, 11) is 0. The Morgan fingerprint density at radius 2 is 1.88 bits per heavy atom. The Labute approximate surface area is 96.8 Å². The van der Waals surface area contributed by atoms with Crippen molar-refractivity contribution in [3.8, 4) is 0 Å². The smallest absolute Gasteiger partial charge is 0.307 e. The number of aliphatic carboxylic acids is 1. The molecule has 1 saturated carbocycles. The first kappa shape index (κ1) is 13.8. The van der Waals surface area contributed by atoms with E-state index < -0.39 is 42.8 Å². The zero-order valence-electron chi connectivity index (χ0n) is 9.16. The second-order valence-corrected chi connectivity index (χ2v) is 4.21. The van der Waals surface area contributed by atoms with Crippen molar-refractivity contribution in [3.05, 3.63) is 0 Å². The molecule has 5 nitrogen and oxygen atoms in total. The predicted molar refractivity (Wildman–Crippen MR) is 53.5 cm³/mol. The van der Waals surface area contributed by atoms with Crippen LogP contribution >= 0.6 is 0 Å². The Morgan fingerprint density at radius 1 is 1.29 bits per heavy atom. The van der Waals surface area contributed by atoms with Crippen molar-refractivity contribution >= 4 is 11.9 Å². The molecular weight excluding hydrogens is 236 g/mol. The van der Waals surface area contributed by atoms with Crippen molar-refractivity contribution in [2.24, 2.45) is 11.8 Å². The Morgan fingerprint density at radius 3 is 2.41 bits per heavy atom. The van der Waals surface area contributed by atoms with E-state index in [1.807, 2.05) is 5.32 Å². The van der Waals surface area contributed by atoms with Crippen LogP contribution in [0.3, 0.4) is 0 Å². The van der Waals surface area contributed by atoms with Crippen molar-refractivity contribution in [2.75, 3.05) is 13.2 Å². The minimum absolute atomic E-state index is 0.393. The first-order chi connectivity index (χ1) is 7.87. The molecule has 0 heterocycles. The molecule has 2 atom stereocenters. The monoisotopic (exact) mass is 251 g/mol. The quantitative estimate of drug-likeness (QED) is 0.653. The number of hydrogen-bond donors (Lipinski definition) is 3. The molecule has 7 heteroatoms. The number of carboxylic acids is 1. The second kappa shape index (κ2) is 5.39. The van der Waals surface area contributed by atoms with E-state index in [9.17, 15) is 18.4 Å². The molecule has 0 aromatic rings. The lowest BCUT2D eigenvalue weighted by molar-refractivity contribution is -0.146. The second-order valence-electron chi connectivity index (χ2n) is 4.21. The van der Waals surface area contributed by atoms with E-state index >= 15 is 0 Å². The van der Waals surface area contributed by atoms with Crippen LogP contribution in [-0.4, -0.2) is 41.2 Å². The molecule has 0 aromatic heterocycles. The van der Waals surface area contributed by atoms with Crippen LogP contribution in [0.5, 0.6) is 0 Å². The molecule has 3 N–H and O–H groups in total. The SMILES string of the molecule is O=C(O)C1CCCC1C(=O)NCC(F)(F)CO. The van der Waals surface area contributed by atoms with Gasteiger partial charge in [0.05, 0.1) is 18.4 Å². The van der Waals surface area contributed by atoms with E-state index in [1.165, 1.54) is 0 Å². The van der Waals surface area contributed by atoms with Crippen LogP contribution in [0.25, 0.3) is 0 Å². The van der Waals surface area contributed by atoms with Crippen LogP contribution in [0, 0.1) is 11.8 Å². The fourth-order valence-electron chi connectivity index (χ4n) is 1.97. The van der Waals surface area contributed by atoms with E-state index in [0.29, 0.717) is 19.3 Å². The van der Waals surface area contributed by atoms with Crippen molar-refractivity contribution in [1.29, 1.82) is 0 Å². The number of carboxylic acid groups (broad SMARTS) is 1. The fourth-order valence-corrected chi connectivity index (χ4v) is 1.97. The van der Waals surface area contributed by atoms with E-state index in [1.54, 1.807) is 0 Å². The maximum atomic E-state index is 12.7. The zero-order chi connectivity index (χ0) is 13.1. The largest absolute Gasteiger partial charge is 0.481 e. The molecule has 0 radical (unpaired) electrons. The van der Waals surface area contributed by atoms with Crippen molar-refractivity contribution in [3.63, 3.8) is 0 Å². The molecule has 0 spiro atoms. The van der Waals surface area contributed by atoms with Gasteiger partial charge >= 0.3 is 5.97 Å². The number of nitrogens with one attached hydrogen (secondary N) is 1. The highest BCUT2D eigenvalue weighted by Gasteiger charge is 2.38. The summed E-state index contributed by atoms with van der Waals surface area (Å²) in [6.07, 6.45) is 1.39. The van der Waals surface area contributed by atoms with Gasteiger partial charge in [-0.1, -0.05) is 6.42 Å². The van der Waals surface area contributed by atoms with Gasteiger partial charge in [0.25, 0.3) is 5.92 Å². The molecule has 1 rings (SSSR count). The van der Waals surface area contributed by atoms with Crippen LogP contribution in [0.1, 0.15) is 19.3 Å². The molecule has 0 aromatic carbocycles. The fraction of sp³-hybridized carbons (Fsp3) is 0.800. The lowest BCUT2D eigenvalue weighted by atomic mass is 9.95. The molecule has 98 valence electrons. The van der Waals surface area contributed by atoms with Crippen LogP contribution < -0.4 is 5.32 Å². The highest BCUT2D eigenvalue weighted by atomic mass is 19.3. The van der Waals surface area contributed by atoms with Crippen LogP contribution in [0.15, 0.2) is 0 Å². The number of aliphatic hydroxyl groups is 1. The summed E-state index contributed by atoms with van der Waals surface area (Å²) in [6.45, 7) is -2.31. The maximum Gasteiger partial charge on any atom is 0.307 e. The van der Waals surface area contributed by atoms with Crippen molar-refractivity contribution in [2.45, 2.75) is 25.2 Å². The molecule has 0 bridgehead atoms. The average molecular weight is 251 g/mol. The van der Waals surface area contributed by atoms with E-state index in [2.05, 4.69) is 0 Å².